The van der Waals surface area contributed by atoms with Gasteiger partial charge in [0.15, 0.2) is 0 Å². The van der Waals surface area contributed by atoms with Gasteiger partial charge >= 0.3 is 0 Å². The first kappa shape index (κ1) is 9.40. The van der Waals surface area contributed by atoms with Crippen LogP contribution in [0.1, 0.15) is 37.2 Å². The predicted molar refractivity (Wildman–Crippen MR) is 59.9 cm³/mol. The Morgan fingerprint density at radius 2 is 2.40 bits per heavy atom. The van der Waals surface area contributed by atoms with Crippen molar-refractivity contribution in [1.82, 2.24) is 14.9 Å². The van der Waals surface area contributed by atoms with Gasteiger partial charge in [0.1, 0.15) is 5.82 Å². The summed E-state index contributed by atoms with van der Waals surface area (Å²) in [6.07, 6.45) is 5.88. The van der Waals surface area contributed by atoms with Crippen LogP contribution in [-0.4, -0.2) is 22.6 Å². The van der Waals surface area contributed by atoms with E-state index in [4.69, 9.17) is 0 Å². The fourth-order valence-electron chi connectivity index (χ4n) is 2.85. The smallest absolute Gasteiger partial charge is 0.109 e. The van der Waals surface area contributed by atoms with E-state index in [9.17, 15) is 0 Å². The molecule has 2 aliphatic heterocycles. The molecule has 2 aliphatic rings. The van der Waals surface area contributed by atoms with Crippen LogP contribution in [0, 0.1) is 5.92 Å². The van der Waals surface area contributed by atoms with E-state index in [1.165, 1.54) is 43.9 Å². The van der Waals surface area contributed by atoms with Gasteiger partial charge in [0.05, 0.1) is 0 Å². The molecule has 1 aromatic heterocycles. The Bertz CT molecular complexity index is 350. The highest BCUT2D eigenvalue weighted by atomic mass is 15.1. The number of fused-ring (bicyclic) bond motifs is 1. The average Bonchev–Trinajstić information content (AvgIpc) is 2.82. The molecular weight excluding hydrogens is 186 g/mol. The average molecular weight is 205 g/mol. The number of hydrogen-bond acceptors (Lipinski definition) is 2. The van der Waals surface area contributed by atoms with Gasteiger partial charge in [0.25, 0.3) is 0 Å². The van der Waals surface area contributed by atoms with Crippen molar-refractivity contribution in [2.75, 3.05) is 13.1 Å². The summed E-state index contributed by atoms with van der Waals surface area (Å²) in [6.45, 7) is 5.82. The van der Waals surface area contributed by atoms with Crippen molar-refractivity contribution in [1.29, 1.82) is 0 Å². The molecule has 0 saturated carbocycles. The fraction of sp³-hybridized carbons (Fsp3) is 0.750. The lowest BCUT2D eigenvalue weighted by atomic mass is 9.99. The first-order valence-corrected chi connectivity index (χ1v) is 6.09. The summed E-state index contributed by atoms with van der Waals surface area (Å²) in [6, 6.07) is 0. The lowest BCUT2D eigenvalue weighted by Crippen LogP contribution is -2.20. The fourth-order valence-corrected chi connectivity index (χ4v) is 2.85. The molecule has 1 N–H and O–H groups in total. The number of nitrogens with one attached hydrogen (secondary N) is 1. The minimum Gasteiger partial charge on any atom is -0.332 e. The van der Waals surface area contributed by atoms with E-state index < -0.39 is 0 Å². The molecule has 3 heteroatoms. The lowest BCUT2D eigenvalue weighted by molar-refractivity contribution is 0.398. The second kappa shape index (κ2) is 3.63. The van der Waals surface area contributed by atoms with Crippen LogP contribution in [0.25, 0.3) is 0 Å². The highest BCUT2D eigenvalue weighted by Crippen LogP contribution is 2.27. The van der Waals surface area contributed by atoms with Crippen molar-refractivity contribution in [3.8, 4) is 0 Å². The molecular formula is C12H19N3. The van der Waals surface area contributed by atoms with Crippen LogP contribution in [0.3, 0.4) is 0 Å². The zero-order valence-electron chi connectivity index (χ0n) is 9.37. The number of imidazole rings is 1. The third kappa shape index (κ3) is 1.59. The highest BCUT2D eigenvalue weighted by Gasteiger charge is 2.25. The molecule has 3 heterocycles. The van der Waals surface area contributed by atoms with Crippen LogP contribution < -0.4 is 5.32 Å². The van der Waals surface area contributed by atoms with E-state index in [0.717, 1.165) is 12.5 Å². The van der Waals surface area contributed by atoms with Crippen molar-refractivity contribution >= 4 is 0 Å². The molecule has 0 bridgehead atoms. The molecule has 1 aromatic rings. The maximum Gasteiger partial charge on any atom is 0.109 e. The number of nitrogens with zero attached hydrogens (tertiary/aromatic N) is 2. The first-order chi connectivity index (χ1) is 7.34. The van der Waals surface area contributed by atoms with Gasteiger partial charge in [-0.2, -0.15) is 0 Å². The topological polar surface area (TPSA) is 29.9 Å². The molecule has 0 amide bonds. The normalized spacial score (nSPS) is 30.5. The van der Waals surface area contributed by atoms with Crippen molar-refractivity contribution < 1.29 is 0 Å². The minimum atomic E-state index is 0.708. The van der Waals surface area contributed by atoms with Gasteiger partial charge in [-0.3, -0.25) is 0 Å². The van der Waals surface area contributed by atoms with E-state index in [1.54, 1.807) is 0 Å². The molecule has 2 unspecified atom stereocenters. The molecule has 1 saturated heterocycles. The summed E-state index contributed by atoms with van der Waals surface area (Å²) in [4.78, 5) is 4.59. The number of aromatic nitrogens is 2. The molecule has 1 fully saturated rings. The van der Waals surface area contributed by atoms with E-state index in [-0.39, 0.29) is 0 Å². The molecule has 0 aromatic carbocycles. The van der Waals surface area contributed by atoms with Gasteiger partial charge in [-0.1, -0.05) is 6.92 Å². The summed E-state index contributed by atoms with van der Waals surface area (Å²) in [5.41, 5.74) is 1.47. The zero-order chi connectivity index (χ0) is 10.3. The Kier molecular flexibility index (Phi) is 2.28. The van der Waals surface area contributed by atoms with E-state index in [1.807, 2.05) is 0 Å². The van der Waals surface area contributed by atoms with Gasteiger partial charge in [0.2, 0.25) is 0 Å². The minimum absolute atomic E-state index is 0.708. The predicted octanol–water partition coefficient (Wildman–Crippen LogP) is 1.54. The largest absolute Gasteiger partial charge is 0.332 e. The molecule has 0 spiro atoms. The van der Waals surface area contributed by atoms with Gasteiger partial charge < -0.3 is 9.88 Å². The summed E-state index contributed by atoms with van der Waals surface area (Å²) >= 11 is 0. The van der Waals surface area contributed by atoms with Crippen LogP contribution in [0.2, 0.25) is 0 Å². The van der Waals surface area contributed by atoms with Gasteiger partial charge in [-0.25, -0.2) is 4.98 Å². The van der Waals surface area contributed by atoms with Gasteiger partial charge in [0, 0.05) is 37.3 Å². The Labute approximate surface area is 90.9 Å². The van der Waals surface area contributed by atoms with Gasteiger partial charge in [-0.15, -0.1) is 0 Å². The second-order valence-electron chi connectivity index (χ2n) is 5.04. The Hall–Kier alpha value is -0.830. The summed E-state index contributed by atoms with van der Waals surface area (Å²) < 4.78 is 2.47. The standard InChI is InChI=1S/C12H19N3/c1-9-3-5-15-11(8-14-12(15)6-9)10-2-4-13-7-10/h8-10,13H,2-7H2,1H3. The van der Waals surface area contributed by atoms with E-state index >= 15 is 0 Å². The number of rotatable bonds is 1. The summed E-state index contributed by atoms with van der Waals surface area (Å²) in [5.74, 6) is 2.84. The molecule has 3 rings (SSSR count). The molecule has 82 valence electrons. The number of hydrogen-bond donors (Lipinski definition) is 1. The van der Waals surface area contributed by atoms with E-state index in [2.05, 4.69) is 28.0 Å². The molecule has 0 aliphatic carbocycles. The maximum absolute atomic E-state index is 4.59. The third-order valence-corrected chi connectivity index (χ3v) is 3.82. The molecule has 15 heavy (non-hydrogen) atoms. The molecule has 3 nitrogen and oxygen atoms in total. The first-order valence-electron chi connectivity index (χ1n) is 6.09. The van der Waals surface area contributed by atoms with Gasteiger partial charge in [-0.05, 0) is 25.3 Å². The van der Waals surface area contributed by atoms with Crippen molar-refractivity contribution in [2.45, 2.75) is 38.6 Å². The second-order valence-corrected chi connectivity index (χ2v) is 5.04. The van der Waals surface area contributed by atoms with Crippen LogP contribution in [0.5, 0.6) is 0 Å². The highest BCUT2D eigenvalue weighted by molar-refractivity contribution is 5.15. The van der Waals surface area contributed by atoms with Crippen LogP contribution in [0.4, 0.5) is 0 Å². The lowest BCUT2D eigenvalue weighted by Gasteiger charge is -2.23. The Balaban J connectivity index is 1.90. The quantitative estimate of drug-likeness (QED) is 0.753. The van der Waals surface area contributed by atoms with Crippen molar-refractivity contribution in [3.63, 3.8) is 0 Å². The van der Waals surface area contributed by atoms with Crippen LogP contribution in [0.15, 0.2) is 6.20 Å². The Morgan fingerprint density at radius 1 is 1.47 bits per heavy atom. The van der Waals surface area contributed by atoms with Crippen LogP contribution in [-0.2, 0) is 13.0 Å². The summed E-state index contributed by atoms with van der Waals surface area (Å²) in [5, 5.41) is 3.44. The maximum atomic E-state index is 4.59. The molecule has 0 radical (unpaired) electrons. The zero-order valence-corrected chi connectivity index (χ0v) is 9.37. The Morgan fingerprint density at radius 3 is 3.20 bits per heavy atom. The summed E-state index contributed by atoms with van der Waals surface area (Å²) in [7, 11) is 0. The molecule has 2 atom stereocenters. The van der Waals surface area contributed by atoms with E-state index in [0.29, 0.717) is 5.92 Å². The van der Waals surface area contributed by atoms with Crippen molar-refractivity contribution in [3.05, 3.63) is 17.7 Å². The van der Waals surface area contributed by atoms with Crippen molar-refractivity contribution in [2.24, 2.45) is 5.92 Å². The monoisotopic (exact) mass is 205 g/mol. The van der Waals surface area contributed by atoms with Crippen LogP contribution >= 0.6 is 0 Å². The SMILES string of the molecule is CC1CCn2c(C3CCNC3)cnc2C1. The third-order valence-electron chi connectivity index (χ3n) is 3.82.